The maximum Gasteiger partial charge on any atom is 0.128 e. The number of nitrogens with zero attached hydrogens (tertiary/aromatic N) is 2. The molecular weight excluding hydrogens is 250 g/mol. The Kier molecular flexibility index (Phi) is 3.63. The van der Waals surface area contributed by atoms with E-state index in [4.69, 9.17) is 15.6 Å². The minimum absolute atomic E-state index is 0.495. The van der Waals surface area contributed by atoms with Gasteiger partial charge in [0.15, 0.2) is 0 Å². The van der Waals surface area contributed by atoms with Gasteiger partial charge in [0.05, 0.1) is 18.8 Å². The summed E-state index contributed by atoms with van der Waals surface area (Å²) in [4.78, 5) is 0. The van der Waals surface area contributed by atoms with Crippen molar-refractivity contribution < 1.29 is 4.74 Å². The zero-order valence-corrected chi connectivity index (χ0v) is 11.9. The lowest BCUT2D eigenvalue weighted by atomic mass is 9.96. The summed E-state index contributed by atoms with van der Waals surface area (Å²) in [5.41, 5.74) is 8.67. The molecule has 4 heteroatoms. The van der Waals surface area contributed by atoms with Gasteiger partial charge in [0, 0.05) is 11.8 Å². The summed E-state index contributed by atoms with van der Waals surface area (Å²) in [7, 11) is 1.67. The first-order valence-corrected chi connectivity index (χ1v) is 7.27. The number of ether oxygens (including phenoxy) is 1. The number of hydrogen-bond acceptors (Lipinski definition) is 3. The van der Waals surface area contributed by atoms with Crippen molar-refractivity contribution in [3.8, 4) is 17.0 Å². The lowest BCUT2D eigenvalue weighted by Gasteiger charge is -2.21. The number of para-hydroxylation sites is 1. The molecule has 106 valence electrons. The van der Waals surface area contributed by atoms with Crippen LogP contribution in [0.4, 0.5) is 5.69 Å². The fraction of sp³-hybridized carbons (Fsp3) is 0.438. The van der Waals surface area contributed by atoms with Gasteiger partial charge < -0.3 is 10.5 Å². The summed E-state index contributed by atoms with van der Waals surface area (Å²) in [5, 5.41) is 4.72. The van der Waals surface area contributed by atoms with Crippen LogP contribution in [0.2, 0.25) is 0 Å². The topological polar surface area (TPSA) is 53.1 Å². The van der Waals surface area contributed by atoms with Gasteiger partial charge >= 0.3 is 0 Å². The van der Waals surface area contributed by atoms with Crippen molar-refractivity contribution in [3.05, 3.63) is 30.5 Å². The zero-order chi connectivity index (χ0) is 13.9. The van der Waals surface area contributed by atoms with Gasteiger partial charge in [-0.3, -0.25) is 4.68 Å². The molecule has 0 amide bonds. The van der Waals surface area contributed by atoms with Crippen molar-refractivity contribution in [1.82, 2.24) is 9.78 Å². The van der Waals surface area contributed by atoms with Gasteiger partial charge in [0.1, 0.15) is 11.4 Å². The van der Waals surface area contributed by atoms with Crippen LogP contribution in [0.25, 0.3) is 11.3 Å². The smallest absolute Gasteiger partial charge is 0.128 e. The Morgan fingerprint density at radius 1 is 1.20 bits per heavy atom. The summed E-state index contributed by atoms with van der Waals surface area (Å²) >= 11 is 0. The molecule has 0 saturated heterocycles. The molecule has 2 aromatic rings. The number of hydrogen-bond donors (Lipinski definition) is 1. The zero-order valence-electron chi connectivity index (χ0n) is 11.9. The maximum absolute atomic E-state index is 6.16. The van der Waals surface area contributed by atoms with Crippen LogP contribution in [-0.4, -0.2) is 16.9 Å². The van der Waals surface area contributed by atoms with E-state index < -0.39 is 0 Å². The van der Waals surface area contributed by atoms with Gasteiger partial charge in [0.25, 0.3) is 0 Å². The Balaban J connectivity index is 1.96. The van der Waals surface area contributed by atoms with E-state index in [2.05, 4.69) is 4.68 Å². The highest BCUT2D eigenvalue weighted by molar-refractivity contribution is 5.76. The lowest BCUT2D eigenvalue weighted by molar-refractivity contribution is 0.330. The molecule has 0 bridgehead atoms. The number of nitrogen functional groups attached to an aromatic ring is 1. The summed E-state index contributed by atoms with van der Waals surface area (Å²) in [6, 6.07) is 8.37. The maximum atomic E-state index is 6.16. The van der Waals surface area contributed by atoms with Crippen LogP contribution >= 0.6 is 0 Å². The van der Waals surface area contributed by atoms with Crippen LogP contribution in [0.15, 0.2) is 30.5 Å². The Morgan fingerprint density at radius 2 is 1.95 bits per heavy atom. The summed E-state index contributed by atoms with van der Waals surface area (Å²) in [6.07, 6.45) is 8.28. The fourth-order valence-corrected chi connectivity index (χ4v) is 2.99. The molecule has 0 radical (unpaired) electrons. The standard InChI is InChI=1S/C16H21N3O/c1-20-15-10-6-5-9-13(15)16-14(17)11-19(18-16)12-7-3-2-4-8-12/h5-6,9-12H,2-4,7-8,17H2,1H3. The Bertz CT molecular complexity index is 585. The first-order valence-electron chi connectivity index (χ1n) is 7.27. The van der Waals surface area contributed by atoms with E-state index in [1.165, 1.54) is 32.1 Å². The molecule has 1 aromatic heterocycles. The van der Waals surface area contributed by atoms with E-state index in [1.54, 1.807) is 7.11 Å². The number of methoxy groups -OCH3 is 1. The first-order chi connectivity index (χ1) is 9.79. The predicted molar refractivity (Wildman–Crippen MR) is 80.7 cm³/mol. The molecule has 2 N–H and O–H groups in total. The fourth-order valence-electron chi connectivity index (χ4n) is 2.99. The SMILES string of the molecule is COc1ccccc1-c1nn(C2CCCCC2)cc1N. The molecule has 0 unspecified atom stereocenters. The number of anilines is 1. The molecule has 0 spiro atoms. The van der Waals surface area contributed by atoms with Crippen LogP contribution in [0.5, 0.6) is 5.75 Å². The van der Waals surface area contributed by atoms with Crippen LogP contribution in [0, 0.1) is 0 Å². The third-order valence-corrected chi connectivity index (χ3v) is 4.07. The van der Waals surface area contributed by atoms with E-state index in [9.17, 15) is 0 Å². The number of benzene rings is 1. The average molecular weight is 271 g/mol. The van der Waals surface area contributed by atoms with Gasteiger partial charge in [-0.25, -0.2) is 0 Å². The average Bonchev–Trinajstić information content (AvgIpc) is 2.90. The summed E-state index contributed by atoms with van der Waals surface area (Å²) < 4.78 is 7.46. The molecule has 20 heavy (non-hydrogen) atoms. The van der Waals surface area contributed by atoms with Crippen molar-refractivity contribution in [2.45, 2.75) is 38.1 Å². The molecular formula is C16H21N3O. The first kappa shape index (κ1) is 13.0. The molecule has 3 rings (SSSR count). The van der Waals surface area contributed by atoms with Gasteiger partial charge in [0.2, 0.25) is 0 Å². The van der Waals surface area contributed by atoms with Crippen molar-refractivity contribution in [2.24, 2.45) is 0 Å². The summed E-state index contributed by atoms with van der Waals surface area (Å²) in [5.74, 6) is 0.813. The second-order valence-corrected chi connectivity index (χ2v) is 5.41. The van der Waals surface area contributed by atoms with E-state index >= 15 is 0 Å². The van der Waals surface area contributed by atoms with Crippen LogP contribution in [0.1, 0.15) is 38.1 Å². The second-order valence-electron chi connectivity index (χ2n) is 5.41. The Labute approximate surface area is 119 Å². The minimum atomic E-state index is 0.495. The lowest BCUT2D eigenvalue weighted by Crippen LogP contribution is -2.13. The number of aromatic nitrogens is 2. The third kappa shape index (κ3) is 2.38. The van der Waals surface area contributed by atoms with Crippen LogP contribution < -0.4 is 10.5 Å². The van der Waals surface area contributed by atoms with E-state index in [0.717, 1.165) is 22.7 Å². The minimum Gasteiger partial charge on any atom is -0.496 e. The molecule has 1 aliphatic rings. The van der Waals surface area contributed by atoms with Crippen molar-refractivity contribution in [3.63, 3.8) is 0 Å². The molecule has 0 atom stereocenters. The molecule has 1 aliphatic carbocycles. The van der Waals surface area contributed by atoms with E-state index in [-0.39, 0.29) is 0 Å². The van der Waals surface area contributed by atoms with Crippen LogP contribution in [-0.2, 0) is 0 Å². The second kappa shape index (κ2) is 5.57. The monoisotopic (exact) mass is 271 g/mol. The number of rotatable bonds is 3. The molecule has 0 aliphatic heterocycles. The molecule has 1 heterocycles. The van der Waals surface area contributed by atoms with E-state index in [0.29, 0.717) is 6.04 Å². The molecule has 1 saturated carbocycles. The third-order valence-electron chi connectivity index (χ3n) is 4.07. The summed E-state index contributed by atoms with van der Waals surface area (Å²) in [6.45, 7) is 0. The van der Waals surface area contributed by atoms with Crippen molar-refractivity contribution in [1.29, 1.82) is 0 Å². The Morgan fingerprint density at radius 3 is 2.70 bits per heavy atom. The molecule has 4 nitrogen and oxygen atoms in total. The predicted octanol–water partition coefficient (Wildman–Crippen LogP) is 3.65. The van der Waals surface area contributed by atoms with Gasteiger partial charge in [-0.15, -0.1) is 0 Å². The quantitative estimate of drug-likeness (QED) is 0.927. The highest BCUT2D eigenvalue weighted by atomic mass is 16.5. The van der Waals surface area contributed by atoms with Gasteiger partial charge in [-0.05, 0) is 25.0 Å². The van der Waals surface area contributed by atoms with Crippen LogP contribution in [0.3, 0.4) is 0 Å². The van der Waals surface area contributed by atoms with Gasteiger partial charge in [-0.1, -0.05) is 31.4 Å². The molecule has 1 fully saturated rings. The largest absolute Gasteiger partial charge is 0.496 e. The van der Waals surface area contributed by atoms with Gasteiger partial charge in [-0.2, -0.15) is 5.10 Å². The Hall–Kier alpha value is -1.97. The highest BCUT2D eigenvalue weighted by Crippen LogP contribution is 2.35. The van der Waals surface area contributed by atoms with E-state index in [1.807, 2.05) is 30.5 Å². The molecule has 1 aromatic carbocycles. The van der Waals surface area contributed by atoms with Crippen molar-refractivity contribution >= 4 is 5.69 Å². The highest BCUT2D eigenvalue weighted by Gasteiger charge is 2.19. The number of nitrogens with two attached hydrogens (primary N) is 1. The normalized spacial score (nSPS) is 16.2. The van der Waals surface area contributed by atoms with Crippen molar-refractivity contribution in [2.75, 3.05) is 12.8 Å².